The fraction of sp³-hybridized carbons (Fsp3) is 0.529. The van der Waals surface area contributed by atoms with Crippen molar-refractivity contribution in [3.05, 3.63) is 29.8 Å². The number of rotatable bonds is 2. The number of aliphatic hydroxyl groups is 2. The Bertz CT molecular complexity index is 612. The van der Waals surface area contributed by atoms with E-state index in [1.54, 1.807) is 41.0 Å². The minimum absolute atomic E-state index is 0.116. The van der Waals surface area contributed by atoms with Crippen LogP contribution in [0.3, 0.4) is 0 Å². The molecule has 3 rings (SSSR count). The molecule has 2 N–H and O–H groups in total. The molecular formula is C17H22N2O4. The van der Waals surface area contributed by atoms with Gasteiger partial charge in [0, 0.05) is 37.3 Å². The Morgan fingerprint density at radius 2 is 1.96 bits per heavy atom. The second-order valence-corrected chi connectivity index (χ2v) is 6.57. The predicted molar refractivity (Wildman–Crippen MR) is 85.2 cm³/mol. The summed E-state index contributed by atoms with van der Waals surface area (Å²) in [4.78, 5) is 27.5. The summed E-state index contributed by atoms with van der Waals surface area (Å²) in [6.45, 7) is 2.84. The molecule has 2 fully saturated rings. The maximum absolute atomic E-state index is 12.5. The van der Waals surface area contributed by atoms with Gasteiger partial charge in [0.1, 0.15) is 0 Å². The first-order chi connectivity index (χ1) is 10.9. The van der Waals surface area contributed by atoms with Crippen LogP contribution in [0.4, 0.5) is 5.69 Å². The van der Waals surface area contributed by atoms with E-state index >= 15 is 0 Å². The molecule has 0 spiro atoms. The third kappa shape index (κ3) is 3.09. The molecule has 1 aromatic rings. The molecule has 2 aliphatic rings. The van der Waals surface area contributed by atoms with E-state index in [0.29, 0.717) is 24.9 Å². The fourth-order valence-electron chi connectivity index (χ4n) is 3.10. The van der Waals surface area contributed by atoms with Crippen LogP contribution >= 0.6 is 0 Å². The third-order valence-electron chi connectivity index (χ3n) is 4.79. The highest BCUT2D eigenvalue weighted by Crippen LogP contribution is 2.25. The third-order valence-corrected chi connectivity index (χ3v) is 4.79. The number of hydrogen-bond acceptors (Lipinski definition) is 4. The zero-order valence-corrected chi connectivity index (χ0v) is 13.2. The number of amides is 2. The van der Waals surface area contributed by atoms with E-state index in [2.05, 4.69) is 0 Å². The average Bonchev–Trinajstić information content (AvgIpc) is 2.96. The van der Waals surface area contributed by atoms with Crippen LogP contribution in [0.2, 0.25) is 0 Å². The van der Waals surface area contributed by atoms with Crippen molar-refractivity contribution in [3.63, 3.8) is 0 Å². The molecule has 2 aliphatic heterocycles. The topological polar surface area (TPSA) is 81.1 Å². The summed E-state index contributed by atoms with van der Waals surface area (Å²) in [5.74, 6) is -0.0516. The Labute approximate surface area is 135 Å². The molecular weight excluding hydrogens is 296 g/mol. The van der Waals surface area contributed by atoms with Crippen LogP contribution in [-0.2, 0) is 4.79 Å². The standard InChI is InChI=1S/C17H22N2O4/c1-17(23)8-10-18(11-14(17)20)16(22)12-4-6-13(7-5-12)19-9-2-3-15(19)21/h4-7,14,20,23H,2-3,8-11H2,1H3/t14-,17+/m1/s1. The molecule has 0 saturated carbocycles. The lowest BCUT2D eigenvalue weighted by Gasteiger charge is -2.39. The lowest BCUT2D eigenvalue weighted by Crippen LogP contribution is -2.55. The molecule has 0 aliphatic carbocycles. The smallest absolute Gasteiger partial charge is 0.253 e. The Morgan fingerprint density at radius 3 is 2.52 bits per heavy atom. The molecule has 2 heterocycles. The van der Waals surface area contributed by atoms with E-state index in [1.807, 2.05) is 0 Å². The van der Waals surface area contributed by atoms with Gasteiger partial charge in [-0.15, -0.1) is 0 Å². The number of anilines is 1. The summed E-state index contributed by atoms with van der Waals surface area (Å²) < 4.78 is 0. The lowest BCUT2D eigenvalue weighted by atomic mass is 9.90. The normalized spacial score (nSPS) is 28.3. The summed E-state index contributed by atoms with van der Waals surface area (Å²) in [7, 11) is 0. The lowest BCUT2D eigenvalue weighted by molar-refractivity contribution is -0.117. The van der Waals surface area contributed by atoms with Crippen molar-refractivity contribution in [2.75, 3.05) is 24.5 Å². The molecule has 0 unspecified atom stereocenters. The van der Waals surface area contributed by atoms with Crippen LogP contribution in [-0.4, -0.2) is 58.3 Å². The van der Waals surface area contributed by atoms with Gasteiger partial charge in [-0.1, -0.05) is 0 Å². The SMILES string of the molecule is C[C@]1(O)CCN(C(=O)c2ccc(N3CCCC3=O)cc2)C[C@H]1O. The summed E-state index contributed by atoms with van der Waals surface area (Å²) in [6.07, 6.45) is 0.846. The van der Waals surface area contributed by atoms with Crippen LogP contribution < -0.4 is 4.90 Å². The number of nitrogens with zero attached hydrogens (tertiary/aromatic N) is 2. The summed E-state index contributed by atoms with van der Waals surface area (Å²) >= 11 is 0. The molecule has 6 nitrogen and oxygen atoms in total. The number of likely N-dealkylation sites (tertiary alicyclic amines) is 1. The van der Waals surface area contributed by atoms with Gasteiger partial charge >= 0.3 is 0 Å². The number of hydrogen-bond donors (Lipinski definition) is 2. The van der Waals surface area contributed by atoms with Crippen molar-refractivity contribution in [1.82, 2.24) is 4.90 Å². The van der Waals surface area contributed by atoms with Gasteiger partial charge in [-0.2, -0.15) is 0 Å². The van der Waals surface area contributed by atoms with Crippen molar-refractivity contribution in [2.45, 2.75) is 37.9 Å². The van der Waals surface area contributed by atoms with Gasteiger partial charge in [-0.25, -0.2) is 0 Å². The van der Waals surface area contributed by atoms with Crippen LogP contribution in [0, 0.1) is 0 Å². The second-order valence-electron chi connectivity index (χ2n) is 6.57. The van der Waals surface area contributed by atoms with Crippen molar-refractivity contribution in [3.8, 4) is 0 Å². The quantitative estimate of drug-likeness (QED) is 0.844. The number of benzene rings is 1. The van der Waals surface area contributed by atoms with Gasteiger partial charge in [0.15, 0.2) is 0 Å². The van der Waals surface area contributed by atoms with E-state index in [-0.39, 0.29) is 18.4 Å². The highest BCUT2D eigenvalue weighted by molar-refractivity contribution is 5.97. The van der Waals surface area contributed by atoms with Crippen molar-refractivity contribution in [1.29, 1.82) is 0 Å². The first-order valence-electron chi connectivity index (χ1n) is 7.98. The van der Waals surface area contributed by atoms with E-state index in [1.165, 1.54) is 0 Å². The van der Waals surface area contributed by atoms with Crippen LogP contribution in [0.5, 0.6) is 0 Å². The van der Waals surface area contributed by atoms with Crippen molar-refractivity contribution in [2.24, 2.45) is 0 Å². The molecule has 6 heteroatoms. The Hall–Kier alpha value is -1.92. The van der Waals surface area contributed by atoms with Crippen LogP contribution in [0.15, 0.2) is 24.3 Å². The van der Waals surface area contributed by atoms with Gasteiger partial charge < -0.3 is 20.0 Å². The average molecular weight is 318 g/mol. The van der Waals surface area contributed by atoms with E-state index in [0.717, 1.165) is 18.7 Å². The van der Waals surface area contributed by atoms with Crippen molar-refractivity contribution >= 4 is 17.5 Å². The minimum Gasteiger partial charge on any atom is -0.388 e. The molecule has 0 aromatic heterocycles. The molecule has 2 amide bonds. The fourth-order valence-corrected chi connectivity index (χ4v) is 3.10. The van der Waals surface area contributed by atoms with Gasteiger partial charge in [0.25, 0.3) is 5.91 Å². The molecule has 0 bridgehead atoms. The zero-order valence-electron chi connectivity index (χ0n) is 13.2. The largest absolute Gasteiger partial charge is 0.388 e. The van der Waals surface area contributed by atoms with Crippen molar-refractivity contribution < 1.29 is 19.8 Å². The van der Waals surface area contributed by atoms with Crippen LogP contribution in [0.25, 0.3) is 0 Å². The number of carbonyl (C=O) groups is 2. The highest BCUT2D eigenvalue weighted by atomic mass is 16.3. The molecule has 23 heavy (non-hydrogen) atoms. The number of β-amino-alcohol motifs (C(OH)–C–C–N with tert-alkyl or cyclic N) is 1. The summed E-state index contributed by atoms with van der Waals surface area (Å²) in [5, 5.41) is 19.9. The first kappa shape index (κ1) is 16.0. The summed E-state index contributed by atoms with van der Waals surface area (Å²) in [6, 6.07) is 6.99. The summed E-state index contributed by atoms with van der Waals surface area (Å²) in [5.41, 5.74) is 0.191. The number of piperidine rings is 1. The second kappa shape index (κ2) is 5.94. The van der Waals surface area contributed by atoms with Gasteiger partial charge in [-0.05, 0) is 44.0 Å². The van der Waals surface area contributed by atoms with Gasteiger partial charge in [0.05, 0.1) is 11.7 Å². The predicted octanol–water partition coefficient (Wildman–Crippen LogP) is 0.771. The molecule has 2 atom stereocenters. The number of carbonyl (C=O) groups excluding carboxylic acids is 2. The Balaban J connectivity index is 1.70. The van der Waals surface area contributed by atoms with E-state index in [4.69, 9.17) is 0 Å². The van der Waals surface area contributed by atoms with Crippen LogP contribution in [0.1, 0.15) is 36.5 Å². The number of aliphatic hydroxyl groups excluding tert-OH is 1. The molecule has 2 saturated heterocycles. The van der Waals surface area contributed by atoms with Gasteiger partial charge in [0.2, 0.25) is 5.91 Å². The molecule has 1 aromatic carbocycles. The monoisotopic (exact) mass is 318 g/mol. The zero-order chi connectivity index (χ0) is 16.6. The Kier molecular flexibility index (Phi) is 4.12. The van der Waals surface area contributed by atoms with Gasteiger partial charge in [-0.3, -0.25) is 9.59 Å². The Morgan fingerprint density at radius 1 is 1.26 bits per heavy atom. The molecule has 124 valence electrons. The maximum atomic E-state index is 12.5. The maximum Gasteiger partial charge on any atom is 0.253 e. The highest BCUT2D eigenvalue weighted by Gasteiger charge is 2.38. The van der Waals surface area contributed by atoms with E-state index < -0.39 is 11.7 Å². The first-order valence-corrected chi connectivity index (χ1v) is 7.98. The minimum atomic E-state index is -1.14. The molecule has 0 radical (unpaired) electrons. The van der Waals surface area contributed by atoms with E-state index in [9.17, 15) is 19.8 Å².